The monoisotopic (exact) mass is 171 g/mol. The van der Waals surface area contributed by atoms with Crippen molar-refractivity contribution in [3.8, 4) is 0 Å². The molecule has 0 unspecified atom stereocenters. The summed E-state index contributed by atoms with van der Waals surface area (Å²) in [6.45, 7) is 4.62. The zero-order chi connectivity index (χ0) is 9.03. The van der Waals surface area contributed by atoms with E-state index in [0.717, 1.165) is 6.42 Å². The lowest BCUT2D eigenvalue weighted by atomic mass is 9.99. The molecular weight excluding hydrogens is 150 g/mol. The Kier molecular flexibility index (Phi) is 3.53. The van der Waals surface area contributed by atoms with Crippen LogP contribution in [0.5, 0.6) is 0 Å². The summed E-state index contributed by atoms with van der Waals surface area (Å²) in [5, 5.41) is 12.4. The maximum absolute atomic E-state index is 8.84. The Bertz CT molecular complexity index is 128. The minimum Gasteiger partial charge on any atom is -0.396 e. The summed E-state index contributed by atoms with van der Waals surface area (Å²) in [5.74, 6) is 0. The summed E-state index contributed by atoms with van der Waals surface area (Å²) in [4.78, 5) is 0. The quantitative estimate of drug-likeness (QED) is 0.674. The number of nitrogens with one attached hydrogen (secondary N) is 1. The molecule has 0 aromatic rings. The van der Waals surface area contributed by atoms with Gasteiger partial charge in [0.25, 0.3) is 0 Å². The molecule has 1 aliphatic carbocycles. The Hall–Kier alpha value is -0.0800. The lowest BCUT2D eigenvalue weighted by molar-refractivity contribution is 0.219. The predicted molar refractivity (Wildman–Crippen MR) is 51.2 cm³/mol. The van der Waals surface area contributed by atoms with E-state index in [4.69, 9.17) is 5.11 Å². The number of hydrogen-bond donors (Lipinski definition) is 2. The fraction of sp³-hybridized carbons (Fsp3) is 1.00. The second-order valence-electron chi connectivity index (χ2n) is 4.48. The molecule has 2 N–H and O–H groups in total. The molecule has 1 saturated carbocycles. The van der Waals surface area contributed by atoms with Crippen LogP contribution in [-0.4, -0.2) is 23.3 Å². The maximum Gasteiger partial charge on any atom is 0.0448 e. The lowest BCUT2D eigenvalue weighted by Crippen LogP contribution is -2.45. The average molecular weight is 171 g/mol. The number of rotatable bonds is 4. The number of aliphatic hydroxyl groups is 1. The van der Waals surface area contributed by atoms with E-state index in [-0.39, 0.29) is 12.1 Å². The first kappa shape index (κ1) is 10.0. The van der Waals surface area contributed by atoms with Crippen molar-refractivity contribution >= 4 is 0 Å². The van der Waals surface area contributed by atoms with Crippen molar-refractivity contribution in [1.82, 2.24) is 5.32 Å². The minimum atomic E-state index is 0.115. The maximum atomic E-state index is 8.84. The number of aliphatic hydroxyl groups excluding tert-OH is 1. The van der Waals surface area contributed by atoms with E-state index in [1.807, 2.05) is 0 Å². The Morgan fingerprint density at radius 2 is 1.92 bits per heavy atom. The first-order valence-corrected chi connectivity index (χ1v) is 5.02. The summed E-state index contributed by atoms with van der Waals surface area (Å²) in [7, 11) is 0. The number of hydrogen-bond acceptors (Lipinski definition) is 2. The summed E-state index contributed by atoms with van der Waals surface area (Å²) < 4.78 is 0. The van der Waals surface area contributed by atoms with E-state index in [9.17, 15) is 0 Å². The van der Waals surface area contributed by atoms with Crippen LogP contribution in [0.2, 0.25) is 0 Å². The van der Waals surface area contributed by atoms with Gasteiger partial charge in [0.15, 0.2) is 0 Å². The van der Waals surface area contributed by atoms with E-state index < -0.39 is 0 Å². The van der Waals surface area contributed by atoms with Crippen LogP contribution in [0.3, 0.4) is 0 Å². The van der Waals surface area contributed by atoms with Crippen LogP contribution in [-0.2, 0) is 0 Å². The van der Waals surface area contributed by atoms with Crippen LogP contribution in [0, 0.1) is 0 Å². The molecule has 0 bridgehead atoms. The molecule has 12 heavy (non-hydrogen) atoms. The molecular formula is C10H21NO. The fourth-order valence-corrected chi connectivity index (χ4v) is 1.97. The topological polar surface area (TPSA) is 32.3 Å². The van der Waals surface area contributed by atoms with Gasteiger partial charge >= 0.3 is 0 Å². The molecule has 0 aromatic heterocycles. The third-order valence-electron chi connectivity index (χ3n) is 2.69. The van der Waals surface area contributed by atoms with Crippen molar-refractivity contribution < 1.29 is 5.11 Å². The Labute approximate surface area is 75.4 Å². The molecule has 0 atom stereocenters. The Morgan fingerprint density at radius 3 is 2.42 bits per heavy atom. The highest BCUT2D eigenvalue weighted by atomic mass is 16.3. The Balaban J connectivity index is 2.27. The second-order valence-corrected chi connectivity index (χ2v) is 4.48. The molecule has 1 fully saturated rings. The van der Waals surface area contributed by atoms with Crippen molar-refractivity contribution in [2.75, 3.05) is 6.61 Å². The van der Waals surface area contributed by atoms with Crippen LogP contribution in [0.15, 0.2) is 0 Å². The minimum absolute atomic E-state index is 0.115. The third kappa shape index (κ3) is 3.11. The van der Waals surface area contributed by atoms with Gasteiger partial charge in [0, 0.05) is 18.2 Å². The van der Waals surface area contributed by atoms with E-state index >= 15 is 0 Å². The zero-order valence-corrected chi connectivity index (χ0v) is 8.27. The fourth-order valence-electron chi connectivity index (χ4n) is 1.97. The van der Waals surface area contributed by atoms with Crippen molar-refractivity contribution in [3.63, 3.8) is 0 Å². The molecule has 2 heteroatoms. The summed E-state index contributed by atoms with van der Waals surface area (Å²) >= 11 is 0. The highest BCUT2D eigenvalue weighted by Gasteiger charge is 2.23. The zero-order valence-electron chi connectivity index (χ0n) is 8.27. The van der Waals surface area contributed by atoms with Crippen molar-refractivity contribution in [2.45, 2.75) is 57.5 Å². The van der Waals surface area contributed by atoms with Crippen molar-refractivity contribution in [3.05, 3.63) is 0 Å². The molecule has 0 heterocycles. The normalized spacial score (nSPS) is 20.2. The Morgan fingerprint density at radius 1 is 1.33 bits per heavy atom. The lowest BCUT2D eigenvalue weighted by Gasteiger charge is -2.29. The van der Waals surface area contributed by atoms with E-state index in [1.54, 1.807) is 0 Å². The third-order valence-corrected chi connectivity index (χ3v) is 2.69. The van der Waals surface area contributed by atoms with Crippen LogP contribution in [0.25, 0.3) is 0 Å². The van der Waals surface area contributed by atoms with E-state index in [1.165, 1.54) is 25.7 Å². The molecule has 1 aliphatic rings. The van der Waals surface area contributed by atoms with Gasteiger partial charge in [-0.3, -0.25) is 0 Å². The first-order valence-electron chi connectivity index (χ1n) is 5.02. The summed E-state index contributed by atoms with van der Waals surface area (Å²) in [6.07, 6.45) is 6.22. The van der Waals surface area contributed by atoms with Gasteiger partial charge < -0.3 is 10.4 Å². The molecule has 0 radical (unpaired) electrons. The van der Waals surface area contributed by atoms with Gasteiger partial charge in [0.1, 0.15) is 0 Å². The molecule has 0 amide bonds. The largest absolute Gasteiger partial charge is 0.396 e. The van der Waals surface area contributed by atoms with Gasteiger partial charge in [0.05, 0.1) is 0 Å². The highest BCUT2D eigenvalue weighted by Crippen LogP contribution is 2.21. The molecule has 0 aromatic carbocycles. The molecule has 0 aliphatic heterocycles. The molecule has 0 saturated heterocycles. The van der Waals surface area contributed by atoms with Gasteiger partial charge in [-0.2, -0.15) is 0 Å². The molecule has 72 valence electrons. The first-order chi connectivity index (χ1) is 5.64. The smallest absolute Gasteiger partial charge is 0.0448 e. The summed E-state index contributed by atoms with van der Waals surface area (Å²) in [6, 6.07) is 0.701. The van der Waals surface area contributed by atoms with Crippen LogP contribution < -0.4 is 5.32 Å². The standard InChI is InChI=1S/C10H21NO/c1-10(2,7-8-12)11-9-5-3-4-6-9/h9,11-12H,3-8H2,1-2H3. The van der Waals surface area contributed by atoms with Gasteiger partial charge in [-0.25, -0.2) is 0 Å². The molecule has 1 rings (SSSR count). The van der Waals surface area contributed by atoms with Crippen LogP contribution in [0.1, 0.15) is 46.0 Å². The highest BCUT2D eigenvalue weighted by molar-refractivity contribution is 4.84. The van der Waals surface area contributed by atoms with Gasteiger partial charge in [-0.1, -0.05) is 12.8 Å². The molecule has 2 nitrogen and oxygen atoms in total. The van der Waals surface area contributed by atoms with Crippen LogP contribution >= 0.6 is 0 Å². The summed E-state index contributed by atoms with van der Waals surface area (Å²) in [5.41, 5.74) is 0.115. The van der Waals surface area contributed by atoms with E-state index in [0.29, 0.717) is 6.04 Å². The van der Waals surface area contributed by atoms with Crippen molar-refractivity contribution in [1.29, 1.82) is 0 Å². The van der Waals surface area contributed by atoms with Gasteiger partial charge in [0.2, 0.25) is 0 Å². The average Bonchev–Trinajstić information content (AvgIpc) is 2.38. The predicted octanol–water partition coefficient (Wildman–Crippen LogP) is 1.68. The van der Waals surface area contributed by atoms with Gasteiger partial charge in [-0.05, 0) is 33.1 Å². The molecule has 0 spiro atoms. The van der Waals surface area contributed by atoms with E-state index in [2.05, 4.69) is 19.2 Å². The second kappa shape index (κ2) is 4.24. The SMILES string of the molecule is CC(C)(CCO)NC1CCCC1. The van der Waals surface area contributed by atoms with Crippen LogP contribution in [0.4, 0.5) is 0 Å². The van der Waals surface area contributed by atoms with Crippen molar-refractivity contribution in [2.24, 2.45) is 0 Å². The van der Waals surface area contributed by atoms with Gasteiger partial charge in [-0.15, -0.1) is 0 Å².